The van der Waals surface area contributed by atoms with Gasteiger partial charge in [0.15, 0.2) is 0 Å². The molecule has 0 fully saturated rings. The SMILES string of the molecule is c1ccc2c(N(c3ccc4c(ccc5cc6oc7ccccc7c6cc54)c3)c3ccc4c(c3)oc3ccccc34)cccc2c1. The van der Waals surface area contributed by atoms with E-state index in [0.29, 0.717) is 0 Å². The lowest BCUT2D eigenvalue weighted by molar-refractivity contribution is 0.669. The summed E-state index contributed by atoms with van der Waals surface area (Å²) >= 11 is 0. The van der Waals surface area contributed by atoms with Crippen molar-refractivity contribution in [3.8, 4) is 0 Å². The van der Waals surface area contributed by atoms with Crippen molar-refractivity contribution in [1.82, 2.24) is 0 Å². The molecule has 3 heteroatoms. The van der Waals surface area contributed by atoms with Gasteiger partial charge in [-0.05, 0) is 81.5 Å². The highest BCUT2D eigenvalue weighted by Crippen LogP contribution is 2.43. The Kier molecular flexibility index (Phi) is 5.00. The predicted molar refractivity (Wildman–Crippen MR) is 188 cm³/mol. The number of hydrogen-bond donors (Lipinski definition) is 0. The number of fused-ring (bicyclic) bond motifs is 10. The van der Waals surface area contributed by atoms with Gasteiger partial charge in [-0.25, -0.2) is 0 Å². The lowest BCUT2D eigenvalue weighted by Gasteiger charge is -2.27. The largest absolute Gasteiger partial charge is 0.456 e. The number of furan rings is 2. The fraction of sp³-hybridized carbons (Fsp3) is 0. The molecule has 0 aliphatic heterocycles. The molecule has 2 heterocycles. The fourth-order valence-electron chi connectivity index (χ4n) is 7.09. The van der Waals surface area contributed by atoms with Crippen molar-refractivity contribution in [2.45, 2.75) is 0 Å². The summed E-state index contributed by atoms with van der Waals surface area (Å²) in [6.45, 7) is 0. The van der Waals surface area contributed by atoms with E-state index in [1.54, 1.807) is 0 Å². The van der Waals surface area contributed by atoms with E-state index >= 15 is 0 Å². The van der Waals surface area contributed by atoms with Crippen LogP contribution < -0.4 is 4.90 Å². The molecule has 3 nitrogen and oxygen atoms in total. The Bertz CT molecular complexity index is 2780. The maximum atomic E-state index is 6.35. The Labute approximate surface area is 258 Å². The minimum Gasteiger partial charge on any atom is -0.456 e. The van der Waals surface area contributed by atoms with Crippen LogP contribution in [0.15, 0.2) is 160 Å². The molecule has 210 valence electrons. The van der Waals surface area contributed by atoms with Crippen molar-refractivity contribution in [3.05, 3.63) is 152 Å². The van der Waals surface area contributed by atoms with Gasteiger partial charge in [0.05, 0.1) is 5.69 Å². The van der Waals surface area contributed by atoms with Crippen LogP contribution in [0.1, 0.15) is 0 Å². The molecule has 0 N–H and O–H groups in total. The van der Waals surface area contributed by atoms with Crippen LogP contribution in [0.3, 0.4) is 0 Å². The third-order valence-corrected chi connectivity index (χ3v) is 9.20. The Morgan fingerprint density at radius 1 is 0.311 bits per heavy atom. The summed E-state index contributed by atoms with van der Waals surface area (Å²) in [6.07, 6.45) is 0. The Balaban J connectivity index is 1.21. The van der Waals surface area contributed by atoms with Crippen LogP contribution in [0.4, 0.5) is 17.1 Å². The molecule has 0 unspecified atom stereocenters. The van der Waals surface area contributed by atoms with Crippen molar-refractivity contribution in [2.75, 3.05) is 4.90 Å². The topological polar surface area (TPSA) is 29.5 Å². The maximum absolute atomic E-state index is 6.35. The second-order valence-electron chi connectivity index (χ2n) is 11.8. The van der Waals surface area contributed by atoms with E-state index < -0.39 is 0 Å². The smallest absolute Gasteiger partial charge is 0.137 e. The molecule has 0 aliphatic carbocycles. The van der Waals surface area contributed by atoms with E-state index in [9.17, 15) is 0 Å². The summed E-state index contributed by atoms with van der Waals surface area (Å²) in [5.41, 5.74) is 6.87. The zero-order valence-electron chi connectivity index (χ0n) is 24.2. The summed E-state index contributed by atoms with van der Waals surface area (Å²) in [6, 6.07) is 53.8. The predicted octanol–water partition coefficient (Wildman–Crippen LogP) is 12.4. The fourth-order valence-corrected chi connectivity index (χ4v) is 7.09. The molecule has 2 aromatic heterocycles. The second kappa shape index (κ2) is 9.22. The van der Waals surface area contributed by atoms with Gasteiger partial charge in [0.1, 0.15) is 22.3 Å². The highest BCUT2D eigenvalue weighted by molar-refractivity contribution is 6.17. The summed E-state index contributed by atoms with van der Waals surface area (Å²) in [7, 11) is 0. The van der Waals surface area contributed by atoms with Crippen LogP contribution >= 0.6 is 0 Å². The Morgan fingerprint density at radius 3 is 1.69 bits per heavy atom. The lowest BCUT2D eigenvalue weighted by atomic mass is 9.98. The first-order chi connectivity index (χ1) is 22.3. The van der Waals surface area contributed by atoms with Crippen molar-refractivity contribution in [2.24, 2.45) is 0 Å². The average Bonchev–Trinajstić information content (AvgIpc) is 3.65. The van der Waals surface area contributed by atoms with Crippen LogP contribution in [0.2, 0.25) is 0 Å². The van der Waals surface area contributed by atoms with E-state index in [-0.39, 0.29) is 0 Å². The van der Waals surface area contributed by atoms with Crippen molar-refractivity contribution < 1.29 is 8.83 Å². The van der Waals surface area contributed by atoms with Gasteiger partial charge in [-0.15, -0.1) is 0 Å². The number of nitrogens with zero attached hydrogens (tertiary/aromatic N) is 1. The van der Waals surface area contributed by atoms with Crippen LogP contribution in [-0.2, 0) is 0 Å². The molecular weight excluding hydrogens is 550 g/mol. The third kappa shape index (κ3) is 3.65. The highest BCUT2D eigenvalue weighted by atomic mass is 16.3. The summed E-state index contributed by atoms with van der Waals surface area (Å²) in [4.78, 5) is 2.35. The minimum absolute atomic E-state index is 0.877. The zero-order chi connectivity index (χ0) is 29.5. The second-order valence-corrected chi connectivity index (χ2v) is 11.8. The third-order valence-electron chi connectivity index (χ3n) is 9.20. The van der Waals surface area contributed by atoms with Crippen LogP contribution in [0.25, 0.3) is 76.2 Å². The first-order valence-electron chi connectivity index (χ1n) is 15.3. The van der Waals surface area contributed by atoms with Gasteiger partial charge in [0.25, 0.3) is 0 Å². The first kappa shape index (κ1) is 24.4. The van der Waals surface area contributed by atoms with Crippen LogP contribution in [0, 0.1) is 0 Å². The standard InChI is InChI=1S/C42H25NO2/c1-2-10-32-26(8-1)9-7-13-38(32)43(30-19-21-35-33-11-3-5-14-39(33)45-42(35)24-30)29-18-20-31-27(22-29)16-17-28-23-41-37(25-36(28)31)34-12-4-6-15-40(34)44-41/h1-25H. The van der Waals surface area contributed by atoms with Gasteiger partial charge in [-0.3, -0.25) is 0 Å². The maximum Gasteiger partial charge on any atom is 0.137 e. The highest BCUT2D eigenvalue weighted by Gasteiger charge is 2.18. The number of benzene rings is 8. The van der Waals surface area contributed by atoms with Crippen LogP contribution in [0.5, 0.6) is 0 Å². The monoisotopic (exact) mass is 575 g/mol. The molecule has 0 spiro atoms. The van der Waals surface area contributed by atoms with E-state index in [4.69, 9.17) is 8.83 Å². The van der Waals surface area contributed by atoms with Crippen molar-refractivity contribution in [3.63, 3.8) is 0 Å². The normalized spacial score (nSPS) is 12.0. The van der Waals surface area contributed by atoms with Gasteiger partial charge in [0, 0.05) is 44.4 Å². The number of para-hydroxylation sites is 2. The quantitative estimate of drug-likeness (QED) is 0.196. The molecule has 45 heavy (non-hydrogen) atoms. The molecule has 0 radical (unpaired) electrons. The van der Waals surface area contributed by atoms with E-state index in [2.05, 4.69) is 132 Å². The zero-order valence-corrected chi connectivity index (χ0v) is 24.2. The van der Waals surface area contributed by atoms with Gasteiger partial charge < -0.3 is 13.7 Å². The molecule has 10 aromatic rings. The van der Waals surface area contributed by atoms with Gasteiger partial charge in [-0.1, -0.05) is 91.0 Å². The van der Waals surface area contributed by atoms with Crippen molar-refractivity contribution in [1.29, 1.82) is 0 Å². The molecule has 0 atom stereocenters. The molecule has 10 rings (SSSR count). The van der Waals surface area contributed by atoms with E-state index in [1.807, 2.05) is 24.3 Å². The Hall–Kier alpha value is -6.06. The van der Waals surface area contributed by atoms with Gasteiger partial charge in [0.2, 0.25) is 0 Å². The van der Waals surface area contributed by atoms with Crippen molar-refractivity contribution >= 4 is 93.3 Å². The molecular formula is C42H25NO2. The summed E-state index contributed by atoms with van der Waals surface area (Å²) in [5.74, 6) is 0. The summed E-state index contributed by atoms with van der Waals surface area (Å²) in [5, 5.41) is 11.7. The Morgan fingerprint density at radius 2 is 0.889 bits per heavy atom. The van der Waals surface area contributed by atoms with E-state index in [1.165, 1.54) is 32.3 Å². The number of anilines is 3. The number of rotatable bonds is 3. The molecule has 8 aromatic carbocycles. The van der Waals surface area contributed by atoms with Gasteiger partial charge >= 0.3 is 0 Å². The van der Waals surface area contributed by atoms with E-state index in [0.717, 1.165) is 60.9 Å². The average molecular weight is 576 g/mol. The molecule has 0 aliphatic rings. The lowest BCUT2D eigenvalue weighted by Crippen LogP contribution is -2.10. The molecule has 0 saturated heterocycles. The molecule has 0 amide bonds. The summed E-state index contributed by atoms with van der Waals surface area (Å²) < 4.78 is 12.5. The molecule has 0 saturated carbocycles. The minimum atomic E-state index is 0.877. The van der Waals surface area contributed by atoms with Gasteiger partial charge in [-0.2, -0.15) is 0 Å². The van der Waals surface area contributed by atoms with Crippen LogP contribution in [-0.4, -0.2) is 0 Å². The first-order valence-corrected chi connectivity index (χ1v) is 15.3. The number of hydrogen-bond acceptors (Lipinski definition) is 3. The molecule has 0 bridgehead atoms.